The van der Waals surface area contributed by atoms with Crippen molar-refractivity contribution in [2.45, 2.75) is 6.04 Å². The molecule has 4 aromatic rings. The summed E-state index contributed by atoms with van der Waals surface area (Å²) in [4.78, 5) is 33.6. The molecule has 0 aliphatic carbocycles. The Hall–Kier alpha value is -4.17. The molecule has 1 amide bonds. The highest BCUT2D eigenvalue weighted by molar-refractivity contribution is 6.06. The fourth-order valence-electron chi connectivity index (χ4n) is 4.74. The number of para-hydroxylation sites is 1. The van der Waals surface area contributed by atoms with Crippen molar-refractivity contribution >= 4 is 34.1 Å². The van der Waals surface area contributed by atoms with Gasteiger partial charge in [-0.2, -0.15) is 0 Å². The number of pyridine rings is 1. The van der Waals surface area contributed by atoms with Crippen LogP contribution in [0.4, 0.5) is 21.7 Å². The van der Waals surface area contributed by atoms with Crippen molar-refractivity contribution in [3.05, 3.63) is 54.7 Å². The van der Waals surface area contributed by atoms with E-state index in [1.807, 2.05) is 6.07 Å². The number of aliphatic hydroxyl groups excluding tert-OH is 1. The molecular formula is C28H33FN8O4. The minimum atomic E-state index is -0.591. The molecule has 4 N–H and O–H groups in total. The molecule has 1 aromatic carbocycles. The minimum Gasteiger partial charge on any atom is -0.475 e. The number of carbonyl (C=O) groups excluding carboxylic acids is 1. The number of piperazine rings is 1. The highest BCUT2D eigenvalue weighted by Crippen LogP contribution is 2.33. The lowest BCUT2D eigenvalue weighted by atomic mass is 10.1. The molecule has 1 saturated heterocycles. The van der Waals surface area contributed by atoms with Crippen LogP contribution >= 0.6 is 0 Å². The number of carbonyl (C=O) groups is 1. The molecular weight excluding hydrogens is 531 g/mol. The fraction of sp³-hybridized carbons (Fsp3) is 0.357. The molecule has 0 saturated carbocycles. The molecule has 1 aliphatic rings. The number of halogens is 1. The Morgan fingerprint density at radius 3 is 2.73 bits per heavy atom. The van der Waals surface area contributed by atoms with Crippen LogP contribution in [0.1, 0.15) is 0 Å². The van der Waals surface area contributed by atoms with E-state index in [-0.39, 0.29) is 37.4 Å². The fourth-order valence-corrected chi connectivity index (χ4v) is 4.74. The second-order valence-corrected chi connectivity index (χ2v) is 9.70. The van der Waals surface area contributed by atoms with Gasteiger partial charge in [-0.1, -0.05) is 12.1 Å². The van der Waals surface area contributed by atoms with Crippen LogP contribution in [-0.4, -0.2) is 107 Å². The van der Waals surface area contributed by atoms with E-state index in [9.17, 15) is 9.18 Å². The molecule has 13 heteroatoms. The monoisotopic (exact) mass is 564 g/mol. The Labute approximate surface area is 236 Å². The molecule has 0 bridgehead atoms. The quantitative estimate of drug-likeness (QED) is 0.215. The van der Waals surface area contributed by atoms with E-state index in [1.165, 1.54) is 6.20 Å². The van der Waals surface area contributed by atoms with E-state index in [0.717, 1.165) is 32.4 Å². The number of aromatic amines is 1. The lowest BCUT2D eigenvalue weighted by Gasteiger charge is -2.36. The molecule has 0 radical (unpaired) electrons. The number of nitrogens with zero attached hydrogens (tertiary/aromatic N) is 5. The van der Waals surface area contributed by atoms with Gasteiger partial charge in [0.25, 0.3) is 0 Å². The lowest BCUT2D eigenvalue weighted by molar-refractivity contribution is -0.124. The van der Waals surface area contributed by atoms with E-state index >= 15 is 0 Å². The number of nitrogens with one attached hydrogen (secondary N) is 3. The average Bonchev–Trinajstić information content (AvgIpc) is 3.42. The predicted molar refractivity (Wildman–Crippen MR) is 153 cm³/mol. The number of rotatable bonds is 11. The van der Waals surface area contributed by atoms with Crippen LogP contribution in [-0.2, 0) is 9.53 Å². The molecule has 216 valence electrons. The maximum atomic E-state index is 15.0. The van der Waals surface area contributed by atoms with Gasteiger partial charge in [-0.25, -0.2) is 19.3 Å². The zero-order chi connectivity index (χ0) is 28.8. The van der Waals surface area contributed by atoms with Crippen LogP contribution in [0.2, 0.25) is 0 Å². The average molecular weight is 565 g/mol. The number of anilines is 3. The highest BCUT2D eigenvalue weighted by Gasteiger charge is 2.29. The largest absolute Gasteiger partial charge is 0.475 e. The third-order valence-corrected chi connectivity index (χ3v) is 6.91. The molecule has 1 aliphatic heterocycles. The first-order valence-corrected chi connectivity index (χ1v) is 13.3. The Kier molecular flexibility index (Phi) is 8.99. The number of H-pyrrole nitrogens is 1. The summed E-state index contributed by atoms with van der Waals surface area (Å²) in [6.45, 7) is 3.62. The van der Waals surface area contributed by atoms with Gasteiger partial charge in [-0.15, -0.1) is 0 Å². The van der Waals surface area contributed by atoms with E-state index in [4.69, 9.17) is 14.6 Å². The first kappa shape index (κ1) is 28.4. The van der Waals surface area contributed by atoms with Gasteiger partial charge < -0.3 is 35.1 Å². The van der Waals surface area contributed by atoms with Crippen molar-refractivity contribution in [3.63, 3.8) is 0 Å². The van der Waals surface area contributed by atoms with Crippen LogP contribution in [0.3, 0.4) is 0 Å². The number of hydrogen-bond acceptors (Lipinski definition) is 10. The van der Waals surface area contributed by atoms with E-state index in [1.54, 1.807) is 37.6 Å². The normalized spacial score (nSPS) is 15.1. The molecule has 3 aromatic heterocycles. The summed E-state index contributed by atoms with van der Waals surface area (Å²) in [6, 6.07) is 8.37. The number of aliphatic hydroxyl groups is 1. The maximum Gasteiger partial charge on any atom is 0.244 e. The van der Waals surface area contributed by atoms with Crippen molar-refractivity contribution in [2.75, 3.05) is 70.8 Å². The van der Waals surface area contributed by atoms with Crippen molar-refractivity contribution in [2.24, 2.45) is 0 Å². The number of ether oxygens (including phenoxy) is 2. The number of benzene rings is 1. The van der Waals surface area contributed by atoms with Crippen molar-refractivity contribution in [1.82, 2.24) is 29.7 Å². The van der Waals surface area contributed by atoms with E-state index in [0.29, 0.717) is 33.7 Å². The number of amides is 1. The predicted octanol–water partition coefficient (Wildman–Crippen LogP) is 2.47. The summed E-state index contributed by atoms with van der Waals surface area (Å²) >= 11 is 0. The Morgan fingerprint density at radius 1 is 1.17 bits per heavy atom. The Balaban J connectivity index is 1.36. The Morgan fingerprint density at radius 2 is 2.00 bits per heavy atom. The number of fused-ring (bicyclic) bond motifs is 1. The van der Waals surface area contributed by atoms with E-state index < -0.39 is 11.9 Å². The van der Waals surface area contributed by atoms with Gasteiger partial charge in [0.05, 0.1) is 42.5 Å². The number of likely N-dealkylation sites (N-methyl/N-ethyl adjacent to an activating group) is 1. The summed E-state index contributed by atoms with van der Waals surface area (Å²) < 4.78 is 25.6. The first-order chi connectivity index (χ1) is 20.0. The smallest absolute Gasteiger partial charge is 0.244 e. The van der Waals surface area contributed by atoms with Gasteiger partial charge in [-0.05, 0) is 19.2 Å². The van der Waals surface area contributed by atoms with Crippen LogP contribution in [0.15, 0.2) is 48.9 Å². The van der Waals surface area contributed by atoms with Crippen LogP contribution in [0.25, 0.3) is 22.2 Å². The molecule has 1 unspecified atom stereocenters. The highest BCUT2D eigenvalue weighted by atomic mass is 19.1. The Bertz CT molecular complexity index is 1470. The zero-order valence-corrected chi connectivity index (χ0v) is 22.9. The zero-order valence-electron chi connectivity index (χ0n) is 22.9. The third kappa shape index (κ3) is 6.60. The lowest BCUT2D eigenvalue weighted by Crippen LogP contribution is -2.54. The molecule has 0 spiro atoms. The van der Waals surface area contributed by atoms with Gasteiger partial charge in [0.15, 0.2) is 5.82 Å². The molecule has 5 rings (SSSR count). The first-order valence-electron chi connectivity index (χ1n) is 13.3. The maximum absolute atomic E-state index is 15.0. The van der Waals surface area contributed by atoms with Gasteiger partial charge in [0.2, 0.25) is 17.7 Å². The SMILES string of the molecule is COCC(C(=O)Nc1cccc2c(-c3nc(Nc4ccc(OCCO)nc4)ncc3F)c[nH]c12)N1CCN(C)CC1. The second-order valence-electron chi connectivity index (χ2n) is 9.70. The molecule has 41 heavy (non-hydrogen) atoms. The summed E-state index contributed by atoms with van der Waals surface area (Å²) in [6.07, 6.45) is 4.29. The summed E-state index contributed by atoms with van der Waals surface area (Å²) in [7, 11) is 3.66. The molecule has 1 fully saturated rings. The molecule has 12 nitrogen and oxygen atoms in total. The number of methoxy groups -OCH3 is 1. The number of aromatic nitrogens is 4. The third-order valence-electron chi connectivity index (χ3n) is 6.91. The van der Waals surface area contributed by atoms with Crippen LogP contribution < -0.4 is 15.4 Å². The van der Waals surface area contributed by atoms with Crippen molar-refractivity contribution < 1.29 is 23.8 Å². The minimum absolute atomic E-state index is 0.0998. The van der Waals surface area contributed by atoms with Gasteiger partial charge in [-0.3, -0.25) is 9.69 Å². The summed E-state index contributed by atoms with van der Waals surface area (Å²) in [5, 5.41) is 15.6. The topological polar surface area (TPSA) is 141 Å². The van der Waals surface area contributed by atoms with Crippen LogP contribution in [0, 0.1) is 5.82 Å². The van der Waals surface area contributed by atoms with Crippen molar-refractivity contribution in [3.8, 4) is 17.1 Å². The standard InChI is InChI=1S/C28H33FN8O4/c1-36-8-10-37(11-9-36)23(17-40-2)27(39)34-22-5-3-4-19-20(15-31-26(19)22)25-21(29)16-32-28(35-25)33-18-6-7-24(30-14-18)41-13-12-38/h3-7,14-16,23,31,38H,8-13,17H2,1-2H3,(H,34,39)(H,32,33,35). The van der Waals surface area contributed by atoms with E-state index in [2.05, 4.69) is 47.4 Å². The summed E-state index contributed by atoms with van der Waals surface area (Å²) in [5.41, 5.74) is 2.44. The van der Waals surface area contributed by atoms with Crippen molar-refractivity contribution in [1.29, 1.82) is 0 Å². The number of hydrogen-bond donors (Lipinski definition) is 4. The van der Waals surface area contributed by atoms with Gasteiger partial charge >= 0.3 is 0 Å². The summed E-state index contributed by atoms with van der Waals surface area (Å²) in [5.74, 6) is -0.210. The van der Waals surface area contributed by atoms with Gasteiger partial charge in [0, 0.05) is 56.5 Å². The van der Waals surface area contributed by atoms with Crippen LogP contribution in [0.5, 0.6) is 5.88 Å². The second kappa shape index (κ2) is 13.0. The van der Waals surface area contributed by atoms with Gasteiger partial charge in [0.1, 0.15) is 18.3 Å². The molecule has 4 heterocycles. The molecule has 1 atom stereocenters.